The first kappa shape index (κ1) is 18.1. The van der Waals surface area contributed by atoms with Crippen LogP contribution in [0.3, 0.4) is 0 Å². The minimum Gasteiger partial charge on any atom is -0.435 e. The highest BCUT2D eigenvalue weighted by Gasteiger charge is 2.31. The molecule has 7 nitrogen and oxygen atoms in total. The fourth-order valence-corrected chi connectivity index (χ4v) is 2.42. The topological polar surface area (TPSA) is 112 Å². The first-order chi connectivity index (χ1) is 12.7. The highest BCUT2D eigenvalue weighted by Crippen LogP contribution is 2.36. The number of amides is 1. The van der Waals surface area contributed by atoms with Crippen LogP contribution in [-0.2, 0) is 6.18 Å². The number of hydrogen-bond donors (Lipinski definition) is 1. The standard InChI is InChI=1S/C17H10F3N3O4/c18-17(19,20)10-7-5-9(6-8-10)16-22-13(15(21)24)14(27-16)11-3-1-2-4-12(11)23(25)26/h1-8H,(H2,21,24). The van der Waals surface area contributed by atoms with E-state index in [1.165, 1.54) is 24.3 Å². The molecule has 0 saturated heterocycles. The number of nitro groups is 1. The zero-order valence-corrected chi connectivity index (χ0v) is 13.4. The summed E-state index contributed by atoms with van der Waals surface area (Å²) in [5.41, 5.74) is 3.82. The van der Waals surface area contributed by atoms with Crippen LogP contribution in [0.2, 0.25) is 0 Å². The maximum Gasteiger partial charge on any atom is 0.416 e. The van der Waals surface area contributed by atoms with Crippen LogP contribution >= 0.6 is 0 Å². The van der Waals surface area contributed by atoms with E-state index in [0.717, 1.165) is 24.3 Å². The number of primary amides is 1. The van der Waals surface area contributed by atoms with Crippen LogP contribution < -0.4 is 5.73 Å². The summed E-state index contributed by atoms with van der Waals surface area (Å²) < 4.78 is 43.5. The van der Waals surface area contributed by atoms with E-state index in [0.29, 0.717) is 0 Å². The lowest BCUT2D eigenvalue weighted by molar-refractivity contribution is -0.384. The number of nitrogens with zero attached hydrogens (tertiary/aromatic N) is 2. The van der Waals surface area contributed by atoms with Gasteiger partial charge in [0.1, 0.15) is 0 Å². The van der Waals surface area contributed by atoms with Crippen LogP contribution in [0, 0.1) is 10.1 Å². The van der Waals surface area contributed by atoms with Crippen molar-refractivity contribution in [2.75, 3.05) is 0 Å². The second-order valence-electron chi connectivity index (χ2n) is 5.41. The van der Waals surface area contributed by atoms with Crippen molar-refractivity contribution in [1.29, 1.82) is 0 Å². The molecule has 0 spiro atoms. The number of halogens is 3. The van der Waals surface area contributed by atoms with Gasteiger partial charge in [0.15, 0.2) is 11.5 Å². The summed E-state index contributed by atoms with van der Waals surface area (Å²) >= 11 is 0. The Morgan fingerprint density at radius 3 is 2.30 bits per heavy atom. The molecule has 1 amide bonds. The van der Waals surface area contributed by atoms with E-state index in [1.807, 2.05) is 0 Å². The molecule has 10 heteroatoms. The molecule has 3 aromatic rings. The Morgan fingerprint density at radius 1 is 1.11 bits per heavy atom. The third kappa shape index (κ3) is 3.50. The third-order valence-electron chi connectivity index (χ3n) is 3.67. The second kappa shape index (κ2) is 6.56. The lowest BCUT2D eigenvalue weighted by atomic mass is 10.1. The predicted molar refractivity (Wildman–Crippen MR) is 87.5 cm³/mol. The number of rotatable bonds is 4. The van der Waals surface area contributed by atoms with Crippen molar-refractivity contribution < 1.29 is 27.3 Å². The van der Waals surface area contributed by atoms with Gasteiger partial charge in [-0.3, -0.25) is 14.9 Å². The van der Waals surface area contributed by atoms with Gasteiger partial charge in [0.05, 0.1) is 16.1 Å². The number of aromatic nitrogens is 1. The van der Waals surface area contributed by atoms with Gasteiger partial charge in [0.2, 0.25) is 5.89 Å². The van der Waals surface area contributed by atoms with Gasteiger partial charge in [-0.1, -0.05) is 12.1 Å². The molecule has 0 atom stereocenters. The maximum atomic E-state index is 12.7. The monoisotopic (exact) mass is 377 g/mol. The summed E-state index contributed by atoms with van der Waals surface area (Å²) in [7, 11) is 0. The van der Waals surface area contributed by atoms with Crippen molar-refractivity contribution in [2.24, 2.45) is 5.73 Å². The Hall–Kier alpha value is -3.69. The van der Waals surface area contributed by atoms with E-state index in [4.69, 9.17) is 10.2 Å². The zero-order valence-electron chi connectivity index (χ0n) is 13.4. The molecule has 1 aromatic heterocycles. The molecule has 138 valence electrons. The highest BCUT2D eigenvalue weighted by atomic mass is 19.4. The van der Waals surface area contributed by atoms with E-state index in [-0.39, 0.29) is 34.2 Å². The molecule has 0 fully saturated rings. The Labute approximate surface area is 149 Å². The average Bonchev–Trinajstić information content (AvgIpc) is 3.06. The van der Waals surface area contributed by atoms with Crippen molar-refractivity contribution in [3.8, 4) is 22.8 Å². The van der Waals surface area contributed by atoms with Crippen molar-refractivity contribution in [2.45, 2.75) is 6.18 Å². The number of nitro benzene ring substituents is 1. The summed E-state index contributed by atoms with van der Waals surface area (Å²) in [5, 5.41) is 11.2. The number of nitrogens with two attached hydrogens (primary N) is 1. The van der Waals surface area contributed by atoms with E-state index in [1.54, 1.807) is 0 Å². The minimum absolute atomic E-state index is 0.0260. The molecule has 3 rings (SSSR count). The molecule has 0 aliphatic heterocycles. The molecule has 2 N–H and O–H groups in total. The van der Waals surface area contributed by atoms with Crippen molar-refractivity contribution >= 4 is 11.6 Å². The van der Waals surface area contributed by atoms with Gasteiger partial charge in [-0.25, -0.2) is 4.98 Å². The molecular formula is C17H10F3N3O4. The molecule has 0 bridgehead atoms. The Bertz CT molecular complexity index is 1030. The number of carbonyl (C=O) groups excluding carboxylic acids is 1. The van der Waals surface area contributed by atoms with Crippen LogP contribution in [0.25, 0.3) is 22.8 Å². The molecule has 0 aliphatic carbocycles. The highest BCUT2D eigenvalue weighted by molar-refractivity contribution is 5.98. The Morgan fingerprint density at radius 2 is 1.74 bits per heavy atom. The summed E-state index contributed by atoms with van der Waals surface area (Å²) in [6, 6.07) is 9.36. The second-order valence-corrected chi connectivity index (χ2v) is 5.41. The molecule has 0 radical (unpaired) electrons. The SMILES string of the molecule is NC(=O)c1nc(-c2ccc(C(F)(F)F)cc2)oc1-c1ccccc1[N+](=O)[O-]. The van der Waals surface area contributed by atoms with Crippen LogP contribution in [0.15, 0.2) is 52.9 Å². The first-order valence-corrected chi connectivity index (χ1v) is 7.40. The number of benzene rings is 2. The van der Waals surface area contributed by atoms with E-state index < -0.39 is 22.6 Å². The van der Waals surface area contributed by atoms with Gasteiger partial charge in [0.25, 0.3) is 11.6 Å². The van der Waals surface area contributed by atoms with Gasteiger partial charge in [-0.2, -0.15) is 13.2 Å². The molecule has 0 saturated carbocycles. The van der Waals surface area contributed by atoms with E-state index in [2.05, 4.69) is 4.98 Å². The quantitative estimate of drug-likeness (QED) is 0.545. The first-order valence-electron chi connectivity index (χ1n) is 7.40. The Balaban J connectivity index is 2.13. The summed E-state index contributed by atoms with van der Waals surface area (Å²) in [6.07, 6.45) is -4.51. The molecule has 1 heterocycles. The predicted octanol–water partition coefficient (Wildman–Crippen LogP) is 4.03. The Kier molecular flexibility index (Phi) is 4.40. The van der Waals surface area contributed by atoms with Gasteiger partial charge in [-0.15, -0.1) is 0 Å². The van der Waals surface area contributed by atoms with Crippen LogP contribution in [0.5, 0.6) is 0 Å². The summed E-state index contributed by atoms with van der Waals surface area (Å²) in [4.78, 5) is 26.1. The third-order valence-corrected chi connectivity index (χ3v) is 3.67. The van der Waals surface area contributed by atoms with Gasteiger partial charge >= 0.3 is 6.18 Å². The smallest absolute Gasteiger partial charge is 0.416 e. The molecule has 0 aliphatic rings. The van der Waals surface area contributed by atoms with Crippen LogP contribution in [0.4, 0.5) is 18.9 Å². The fraction of sp³-hybridized carbons (Fsp3) is 0.0588. The van der Waals surface area contributed by atoms with Crippen LogP contribution in [0.1, 0.15) is 16.1 Å². The lowest BCUT2D eigenvalue weighted by Crippen LogP contribution is -2.12. The molecule has 2 aromatic carbocycles. The van der Waals surface area contributed by atoms with Crippen molar-refractivity contribution in [3.63, 3.8) is 0 Å². The molecule has 0 unspecified atom stereocenters. The molecule has 27 heavy (non-hydrogen) atoms. The number of carbonyl (C=O) groups is 1. The van der Waals surface area contributed by atoms with Crippen LogP contribution in [-0.4, -0.2) is 15.8 Å². The summed E-state index contributed by atoms with van der Waals surface area (Å²) in [6.45, 7) is 0. The number of alkyl halides is 3. The largest absolute Gasteiger partial charge is 0.435 e. The number of para-hydroxylation sites is 1. The normalized spacial score (nSPS) is 11.4. The van der Waals surface area contributed by atoms with E-state index in [9.17, 15) is 28.1 Å². The number of oxazole rings is 1. The summed E-state index contributed by atoms with van der Waals surface area (Å²) in [5.74, 6) is -1.42. The maximum absolute atomic E-state index is 12.7. The molecular weight excluding hydrogens is 367 g/mol. The minimum atomic E-state index is -4.51. The average molecular weight is 377 g/mol. The lowest BCUT2D eigenvalue weighted by Gasteiger charge is -2.06. The van der Waals surface area contributed by atoms with Gasteiger partial charge in [0, 0.05) is 11.6 Å². The van der Waals surface area contributed by atoms with Gasteiger partial charge in [-0.05, 0) is 30.3 Å². The number of hydrogen-bond acceptors (Lipinski definition) is 5. The van der Waals surface area contributed by atoms with Crippen molar-refractivity contribution in [3.05, 3.63) is 69.9 Å². The zero-order chi connectivity index (χ0) is 19.8. The fourth-order valence-electron chi connectivity index (χ4n) is 2.42. The van der Waals surface area contributed by atoms with Crippen molar-refractivity contribution in [1.82, 2.24) is 4.98 Å². The van der Waals surface area contributed by atoms with E-state index >= 15 is 0 Å². The van der Waals surface area contributed by atoms with Gasteiger partial charge < -0.3 is 10.2 Å².